The number of ketones is 1. The van der Waals surface area contributed by atoms with Gasteiger partial charge in [-0.2, -0.15) is 0 Å². The number of nitrogens with two attached hydrogens (primary N) is 3. The maximum Gasteiger partial charge on any atom is 0.305 e. The van der Waals surface area contributed by atoms with Crippen LogP contribution in [-0.2, 0) is 106 Å². The second kappa shape index (κ2) is 46.6. The molecule has 2 aromatic heterocycles. The number of carbonyl (C=O) groups is 18. The quantitative estimate of drug-likeness (QED) is 0.0374. The second-order valence-corrected chi connectivity index (χ2v) is 33.6. The van der Waals surface area contributed by atoms with Crippen LogP contribution in [0.25, 0.3) is 21.8 Å². The number of phenolic OH excluding ortho intramolecular Hbond substituents is 1. The Kier molecular flexibility index (Phi) is 36.1. The number of likely N-dealkylation sites (N-methyl/N-ethyl adjacent to an activating group) is 2. The van der Waals surface area contributed by atoms with E-state index < -0.39 is 235 Å². The highest BCUT2D eigenvalue weighted by molar-refractivity contribution is 8.00. The molecule has 5 aromatic rings. The molecule has 4 saturated heterocycles. The zero-order chi connectivity index (χ0) is 92.5. The third-order valence-corrected chi connectivity index (χ3v) is 24.5. The van der Waals surface area contributed by atoms with E-state index in [0.717, 1.165) is 26.5 Å². The van der Waals surface area contributed by atoms with Crippen LogP contribution in [0.15, 0.2) is 85.2 Å². The van der Waals surface area contributed by atoms with Crippen LogP contribution in [0.1, 0.15) is 140 Å². The second-order valence-electron chi connectivity index (χ2n) is 32.6. The molecule has 41 heteroatoms. The summed E-state index contributed by atoms with van der Waals surface area (Å²) in [5, 5.41) is 55.2. The van der Waals surface area contributed by atoms with Gasteiger partial charge in [-0.05, 0) is 112 Å². The van der Waals surface area contributed by atoms with Crippen molar-refractivity contribution in [3.05, 3.63) is 102 Å². The van der Waals surface area contributed by atoms with Crippen molar-refractivity contribution in [3.63, 3.8) is 0 Å². The van der Waals surface area contributed by atoms with Gasteiger partial charge in [-0.1, -0.05) is 88.1 Å². The number of rotatable bonds is 22. The number of aromatic nitrogens is 2. The van der Waals surface area contributed by atoms with Gasteiger partial charge in [0.25, 0.3) is 0 Å². The number of amides is 15. The van der Waals surface area contributed by atoms with Gasteiger partial charge in [0.15, 0.2) is 5.78 Å². The van der Waals surface area contributed by atoms with Crippen molar-refractivity contribution >= 4 is 140 Å². The third kappa shape index (κ3) is 26.3. The Morgan fingerprint density at radius 2 is 0.969 bits per heavy atom. The van der Waals surface area contributed by atoms with Crippen molar-refractivity contribution in [1.82, 2.24) is 82.3 Å². The number of carboxylic acid groups (broad SMARTS) is 2. The first-order valence-corrected chi connectivity index (χ1v) is 44.1. The number of carboxylic acids is 2. The van der Waals surface area contributed by atoms with Crippen molar-refractivity contribution in [1.29, 1.82) is 0 Å². The van der Waals surface area contributed by atoms with Crippen LogP contribution >= 0.6 is 11.8 Å². The number of unbranched alkanes of at least 4 members (excludes halogenated alkanes) is 2. The molecule has 127 heavy (non-hydrogen) atoms. The first-order valence-electron chi connectivity index (χ1n) is 42.9. The number of hydrogen-bond donors (Lipinski definition) is 17. The Bertz CT molecular complexity index is 4850. The minimum Gasteiger partial charge on any atom is -0.508 e. The van der Waals surface area contributed by atoms with Crippen molar-refractivity contribution in [2.24, 2.45) is 23.1 Å². The number of hydrogen-bond acceptors (Lipinski definition) is 22. The summed E-state index contributed by atoms with van der Waals surface area (Å²) in [7, 11) is 2.76. The molecule has 14 atom stereocenters. The van der Waals surface area contributed by atoms with Crippen molar-refractivity contribution in [2.45, 2.75) is 221 Å². The number of thioether (sulfide) groups is 1. The number of aromatic hydroxyl groups is 1. The fraction of sp³-hybridized carbons (Fsp3) is 0.535. The molecule has 40 nitrogen and oxygen atoms in total. The van der Waals surface area contributed by atoms with Crippen LogP contribution in [-0.4, -0.2) is 300 Å². The molecule has 0 bridgehead atoms. The van der Waals surface area contributed by atoms with E-state index in [-0.39, 0.29) is 109 Å². The van der Waals surface area contributed by atoms with Crippen molar-refractivity contribution in [2.75, 3.05) is 64.9 Å². The standard InChI is InChI=1S/C86H117N19O21S/c1-6-8-21-64-78(118)93-47(3)74(114)100-63(76(116)92-44-70(89)108)45-127-46-71(109)94-58(35-48-26-28-52(106)29-27-48)83(123)103-32-15-24-66(103)80(120)98-61(40-73(112)113)85(125)105-34-16-25-67(105)81(121)99-62(41-88)77(117)97-60(39-72(110)111)84(124)104-33-14-23-65(104)79(119)95-57(36-50-42-90-55-19-12-10-17-53(50)55)69(107)38-49(30-31-87)75(115)96-59(37-51-43-91-56-20-13-11-18-54(51)56)82(122)102(5)68(22-9-7-2)86(126)101(64)4/h10-13,17-20,26-29,42-43,47,49,57-68,90-91,106H,6-9,14-16,21-25,30-41,44-46,87-88H2,1-5H3,(H2,89,108)(H,92,116)(H,93,118)(H,94,109)(H,95,119)(H,96,115)(H,97,117)(H,98,120)(H,99,121)(H,100,114)(H,110,111)(H,112,113)/t47-,49+,57-,58-,59-,60-,61?,62-,63-,64-,65-,66-,67-,68-/m0/s1. The maximum absolute atomic E-state index is 15.7. The number of benzene rings is 3. The summed E-state index contributed by atoms with van der Waals surface area (Å²) in [6.45, 7) is 3.06. The minimum atomic E-state index is -1.93. The van der Waals surface area contributed by atoms with Gasteiger partial charge in [-0.15, -0.1) is 11.8 Å². The van der Waals surface area contributed by atoms with Gasteiger partial charge in [-0.25, -0.2) is 0 Å². The molecule has 3 aromatic carbocycles. The highest BCUT2D eigenvalue weighted by Crippen LogP contribution is 2.29. The van der Waals surface area contributed by atoms with Crippen LogP contribution in [0.4, 0.5) is 0 Å². The predicted molar refractivity (Wildman–Crippen MR) is 463 cm³/mol. The molecule has 0 spiro atoms. The number of phenols is 1. The van der Waals surface area contributed by atoms with Crippen LogP contribution in [0.2, 0.25) is 0 Å². The predicted octanol–water partition coefficient (Wildman–Crippen LogP) is -1.53. The number of para-hydroxylation sites is 2. The maximum atomic E-state index is 15.7. The fourth-order valence-corrected chi connectivity index (χ4v) is 17.4. The lowest BCUT2D eigenvalue weighted by Gasteiger charge is -2.36. The molecular formula is C86H117N19O21S. The smallest absolute Gasteiger partial charge is 0.305 e. The first-order chi connectivity index (χ1) is 60.6. The molecule has 15 amide bonds. The number of aromatic amines is 2. The number of H-pyrrole nitrogens is 2. The van der Waals surface area contributed by atoms with Crippen LogP contribution in [0.5, 0.6) is 5.75 Å². The topological polar surface area (TPSA) is 602 Å². The molecule has 4 aliphatic rings. The van der Waals surface area contributed by atoms with Gasteiger partial charge in [-0.3, -0.25) is 86.3 Å². The van der Waals surface area contributed by atoms with Crippen LogP contribution < -0.4 is 65.1 Å². The van der Waals surface area contributed by atoms with E-state index in [0.29, 0.717) is 64.2 Å². The highest BCUT2D eigenvalue weighted by Gasteiger charge is 2.47. The van der Waals surface area contributed by atoms with Crippen molar-refractivity contribution in [3.8, 4) is 5.75 Å². The lowest BCUT2D eigenvalue weighted by Crippen LogP contribution is -2.61. The number of nitrogens with zero attached hydrogens (tertiary/aromatic N) is 5. The van der Waals surface area contributed by atoms with Gasteiger partial charge in [0.1, 0.15) is 78.3 Å². The van der Waals surface area contributed by atoms with E-state index in [1.165, 1.54) is 55.1 Å². The normalized spacial score (nSPS) is 25.5. The zero-order valence-corrected chi connectivity index (χ0v) is 72.6. The Morgan fingerprint density at radius 3 is 1.47 bits per heavy atom. The average Bonchev–Trinajstić information content (AvgIpc) is 1.71. The molecule has 9 rings (SSSR count). The fourth-order valence-electron chi connectivity index (χ4n) is 16.5. The summed E-state index contributed by atoms with van der Waals surface area (Å²) in [5.41, 5.74) is 20.6. The highest BCUT2D eigenvalue weighted by atomic mass is 32.2. The van der Waals surface area contributed by atoms with Crippen LogP contribution in [0, 0.1) is 5.92 Å². The van der Waals surface area contributed by atoms with E-state index in [1.807, 2.05) is 26.0 Å². The van der Waals surface area contributed by atoms with Gasteiger partial charge >= 0.3 is 11.9 Å². The van der Waals surface area contributed by atoms with Gasteiger partial charge in [0.05, 0.1) is 31.2 Å². The summed E-state index contributed by atoms with van der Waals surface area (Å²) in [6.07, 6.45) is 2.12. The molecule has 0 aliphatic carbocycles. The van der Waals surface area contributed by atoms with E-state index >= 15 is 24.0 Å². The SMILES string of the molecule is CCCC[C@H]1C(=O)N(C)[C@@H](CCCC)C(=O)N[C@@H](C)C(=O)N[C@H](C(=O)NCC(N)=O)CSCC(=O)N[C@@H](Cc2ccc(O)cc2)C(=O)N2CCC[C@H]2C(=O)NC(CC(=O)O)C(=O)N2CCC[C@H]2C(=O)N[C@@H](CN)C(=O)N[C@@H](CC(=O)O)C(=O)N2CCC[C@H]2C(=O)N[C@@H](Cc2c[nH]c3ccccc23)C(=O)C[C@@H](CCN)C(=O)N[C@@H](Cc2c[nH]c3ccccc23)C(=O)N1C. The molecule has 1 unspecified atom stereocenters. The number of primary amides is 1. The van der Waals surface area contributed by atoms with E-state index in [9.17, 15) is 77.6 Å². The lowest BCUT2D eigenvalue weighted by atomic mass is 9.91. The first kappa shape index (κ1) is 98.3. The number of aliphatic carboxylic acids is 2. The van der Waals surface area contributed by atoms with E-state index in [2.05, 4.69) is 57.8 Å². The van der Waals surface area contributed by atoms with Gasteiger partial charge in [0, 0.05) is 112 Å². The minimum absolute atomic E-state index is 0.0282. The number of carbonyl (C=O) groups excluding carboxylic acids is 16. The number of nitrogens with one attached hydrogen (secondary N) is 11. The Labute approximate surface area is 737 Å². The summed E-state index contributed by atoms with van der Waals surface area (Å²) < 4.78 is 0. The van der Waals surface area contributed by atoms with Crippen molar-refractivity contribution < 1.29 is 102 Å². The Morgan fingerprint density at radius 1 is 0.504 bits per heavy atom. The summed E-state index contributed by atoms with van der Waals surface area (Å²) in [4.78, 5) is 271. The molecule has 4 aliphatic heterocycles. The van der Waals surface area contributed by atoms with E-state index in [1.54, 1.807) is 48.8 Å². The van der Waals surface area contributed by atoms with E-state index in [4.69, 9.17) is 17.2 Å². The average molecular weight is 1790 g/mol. The summed E-state index contributed by atoms with van der Waals surface area (Å²) in [5.74, 6) is -19.9. The monoisotopic (exact) mass is 1780 g/mol. The largest absolute Gasteiger partial charge is 0.508 e. The Hall–Kier alpha value is -12.5. The molecule has 688 valence electrons. The number of Topliss-reactive ketones (excluding diaryl/α,β-unsaturated/α-hetero) is 1. The Balaban J connectivity index is 1.06. The van der Waals surface area contributed by atoms with Crippen LogP contribution in [0.3, 0.4) is 0 Å². The van der Waals surface area contributed by atoms with Gasteiger partial charge in [0.2, 0.25) is 88.6 Å². The number of fused-ring (bicyclic) bond motifs is 5. The zero-order valence-electron chi connectivity index (χ0n) is 71.8. The lowest BCUT2D eigenvalue weighted by molar-refractivity contribution is -0.149. The summed E-state index contributed by atoms with van der Waals surface area (Å²) >= 11 is 0.787. The molecule has 0 saturated carbocycles. The molecule has 20 N–H and O–H groups in total. The summed E-state index contributed by atoms with van der Waals surface area (Å²) in [6, 6.07) is 0.0984. The third-order valence-electron chi connectivity index (χ3n) is 23.5. The molecular weight excluding hydrogens is 1670 g/mol. The molecule has 0 radical (unpaired) electrons. The molecule has 4 fully saturated rings. The molecule has 6 heterocycles. The van der Waals surface area contributed by atoms with Gasteiger partial charge < -0.3 is 115 Å².